The van der Waals surface area contributed by atoms with Gasteiger partial charge in [0.2, 0.25) is 0 Å². The fraction of sp³-hybridized carbons (Fsp3) is 0.261. The third-order valence-electron chi connectivity index (χ3n) is 5.35. The molecule has 0 bridgehead atoms. The SMILES string of the molecule is Cn1c(=O)n(CCCO)c(=O)c2c1nc(-c1cccc(OC(F)(F)F)c1)n2Cc1ccc(Cl)cc1. The number of halogens is 4. The molecule has 0 saturated carbocycles. The van der Waals surface area contributed by atoms with Crippen molar-refractivity contribution in [1.29, 1.82) is 0 Å². The van der Waals surface area contributed by atoms with E-state index in [2.05, 4.69) is 9.72 Å². The van der Waals surface area contributed by atoms with Gasteiger partial charge in [-0.3, -0.25) is 13.9 Å². The number of hydrogen-bond donors (Lipinski definition) is 1. The summed E-state index contributed by atoms with van der Waals surface area (Å²) in [5.41, 5.74) is -0.0678. The van der Waals surface area contributed by atoms with E-state index in [1.807, 2.05) is 0 Å². The van der Waals surface area contributed by atoms with Crippen LogP contribution in [-0.4, -0.2) is 36.8 Å². The Bertz CT molecular complexity index is 1490. The minimum atomic E-state index is -4.88. The Labute approximate surface area is 201 Å². The van der Waals surface area contributed by atoms with Crippen molar-refractivity contribution in [3.63, 3.8) is 0 Å². The number of ether oxygens (including phenoxy) is 1. The molecule has 0 atom stereocenters. The average molecular weight is 509 g/mol. The van der Waals surface area contributed by atoms with Gasteiger partial charge in [0.25, 0.3) is 5.56 Å². The number of fused-ring (bicyclic) bond motifs is 1. The van der Waals surface area contributed by atoms with Crippen molar-refractivity contribution in [2.24, 2.45) is 7.05 Å². The molecule has 184 valence electrons. The fourth-order valence-electron chi connectivity index (χ4n) is 3.78. The zero-order chi connectivity index (χ0) is 25.3. The Balaban J connectivity index is 1.98. The van der Waals surface area contributed by atoms with Crippen molar-refractivity contribution in [3.8, 4) is 17.1 Å². The lowest BCUT2D eigenvalue weighted by Crippen LogP contribution is -2.39. The second-order valence-electron chi connectivity index (χ2n) is 7.77. The molecule has 1 N–H and O–H groups in total. The highest BCUT2D eigenvalue weighted by atomic mass is 35.5. The molecular formula is C23H20ClF3N4O4. The number of imidazole rings is 1. The zero-order valence-electron chi connectivity index (χ0n) is 18.4. The van der Waals surface area contributed by atoms with Crippen molar-refractivity contribution in [1.82, 2.24) is 18.7 Å². The lowest BCUT2D eigenvalue weighted by atomic mass is 10.2. The lowest BCUT2D eigenvalue weighted by Gasteiger charge is -2.13. The van der Waals surface area contributed by atoms with E-state index in [9.17, 15) is 27.9 Å². The monoisotopic (exact) mass is 508 g/mol. The van der Waals surface area contributed by atoms with Crippen LogP contribution in [0.25, 0.3) is 22.6 Å². The van der Waals surface area contributed by atoms with Gasteiger partial charge >= 0.3 is 12.1 Å². The van der Waals surface area contributed by atoms with Crippen LogP contribution in [0.15, 0.2) is 58.1 Å². The van der Waals surface area contributed by atoms with Crippen LogP contribution in [0.3, 0.4) is 0 Å². The van der Waals surface area contributed by atoms with Gasteiger partial charge in [0, 0.05) is 37.3 Å². The lowest BCUT2D eigenvalue weighted by molar-refractivity contribution is -0.274. The number of aliphatic hydroxyl groups excluding tert-OH is 1. The molecule has 12 heteroatoms. The standard InChI is InChI=1S/C23H20ClF3N4O4/c1-29-20-18(21(33)30(22(29)34)10-3-11-32)31(13-14-6-8-16(24)9-7-14)19(28-20)15-4-2-5-17(12-15)35-23(25,26)27/h2,4-9,12,32H,3,10-11,13H2,1H3. The van der Waals surface area contributed by atoms with Crippen LogP contribution in [0.2, 0.25) is 5.02 Å². The summed E-state index contributed by atoms with van der Waals surface area (Å²) in [5.74, 6) is -0.274. The second kappa shape index (κ2) is 9.59. The Morgan fingerprint density at radius 1 is 1.09 bits per heavy atom. The summed E-state index contributed by atoms with van der Waals surface area (Å²) < 4.78 is 46.1. The Hall–Kier alpha value is -3.57. The average Bonchev–Trinajstić information content (AvgIpc) is 3.18. The van der Waals surface area contributed by atoms with Crippen LogP contribution in [0.5, 0.6) is 5.75 Å². The van der Waals surface area contributed by atoms with E-state index < -0.39 is 23.4 Å². The molecule has 2 aromatic carbocycles. The molecule has 0 amide bonds. The molecule has 4 rings (SSSR count). The molecule has 0 unspecified atom stereocenters. The molecule has 0 aliphatic heterocycles. The van der Waals surface area contributed by atoms with Gasteiger partial charge in [-0.1, -0.05) is 35.9 Å². The normalized spacial score (nSPS) is 11.8. The molecule has 0 radical (unpaired) electrons. The van der Waals surface area contributed by atoms with E-state index in [4.69, 9.17) is 11.6 Å². The van der Waals surface area contributed by atoms with Crippen LogP contribution in [0.1, 0.15) is 12.0 Å². The third kappa shape index (κ3) is 5.10. The van der Waals surface area contributed by atoms with Gasteiger partial charge in [-0.15, -0.1) is 13.2 Å². The van der Waals surface area contributed by atoms with E-state index in [0.29, 0.717) is 5.02 Å². The van der Waals surface area contributed by atoms with Gasteiger partial charge in [-0.25, -0.2) is 9.78 Å². The van der Waals surface area contributed by atoms with Crippen LogP contribution >= 0.6 is 11.6 Å². The van der Waals surface area contributed by atoms with Crippen LogP contribution in [0.4, 0.5) is 13.2 Å². The number of nitrogens with zero attached hydrogens (tertiary/aromatic N) is 4. The van der Waals surface area contributed by atoms with Crippen LogP contribution in [-0.2, 0) is 20.1 Å². The van der Waals surface area contributed by atoms with Gasteiger partial charge in [-0.2, -0.15) is 0 Å². The summed E-state index contributed by atoms with van der Waals surface area (Å²) in [5, 5.41) is 9.69. The second-order valence-corrected chi connectivity index (χ2v) is 8.21. The largest absolute Gasteiger partial charge is 0.573 e. The summed E-state index contributed by atoms with van der Waals surface area (Å²) in [6, 6.07) is 12.1. The molecule has 8 nitrogen and oxygen atoms in total. The zero-order valence-corrected chi connectivity index (χ0v) is 19.2. The number of rotatable bonds is 7. The number of aliphatic hydroxyl groups is 1. The number of alkyl halides is 3. The molecule has 0 saturated heterocycles. The van der Waals surface area contributed by atoms with Crippen molar-refractivity contribution < 1.29 is 23.0 Å². The Morgan fingerprint density at radius 2 is 1.80 bits per heavy atom. The van der Waals surface area contributed by atoms with Crippen molar-refractivity contribution >= 4 is 22.8 Å². The highest BCUT2D eigenvalue weighted by molar-refractivity contribution is 6.30. The summed E-state index contributed by atoms with van der Waals surface area (Å²) >= 11 is 5.98. The van der Waals surface area contributed by atoms with Gasteiger partial charge in [-0.05, 0) is 36.2 Å². The third-order valence-corrected chi connectivity index (χ3v) is 5.60. The molecule has 4 aromatic rings. The summed E-state index contributed by atoms with van der Waals surface area (Å²) in [6.45, 7) is -0.0932. The molecule has 0 aliphatic rings. The van der Waals surface area contributed by atoms with Crippen molar-refractivity contribution in [2.45, 2.75) is 25.9 Å². The highest BCUT2D eigenvalue weighted by Gasteiger charge is 2.31. The first-order valence-corrected chi connectivity index (χ1v) is 10.9. The van der Waals surface area contributed by atoms with E-state index in [0.717, 1.165) is 22.3 Å². The van der Waals surface area contributed by atoms with E-state index >= 15 is 0 Å². The highest BCUT2D eigenvalue weighted by Crippen LogP contribution is 2.29. The molecule has 35 heavy (non-hydrogen) atoms. The molecule has 2 heterocycles. The first-order valence-electron chi connectivity index (χ1n) is 10.5. The maximum absolute atomic E-state index is 13.4. The number of aromatic nitrogens is 4. The number of hydrogen-bond acceptors (Lipinski definition) is 5. The van der Waals surface area contributed by atoms with Crippen molar-refractivity contribution in [3.05, 3.63) is 80.0 Å². The predicted octanol–water partition coefficient (Wildman–Crippen LogP) is 3.55. The smallest absolute Gasteiger partial charge is 0.406 e. The Morgan fingerprint density at radius 3 is 2.46 bits per heavy atom. The minimum Gasteiger partial charge on any atom is -0.406 e. The van der Waals surface area contributed by atoms with Crippen molar-refractivity contribution in [2.75, 3.05) is 6.61 Å². The van der Waals surface area contributed by atoms with Crippen LogP contribution in [0, 0.1) is 0 Å². The quantitative estimate of drug-likeness (QED) is 0.412. The molecule has 2 aromatic heterocycles. The molecule has 0 fully saturated rings. The molecule has 0 aliphatic carbocycles. The topological polar surface area (TPSA) is 91.3 Å². The van der Waals surface area contributed by atoms with E-state index in [1.165, 1.54) is 23.7 Å². The summed E-state index contributed by atoms with van der Waals surface area (Å²) in [6.07, 6.45) is -4.69. The number of benzene rings is 2. The summed E-state index contributed by atoms with van der Waals surface area (Å²) in [7, 11) is 1.45. The fourth-order valence-corrected chi connectivity index (χ4v) is 3.90. The minimum absolute atomic E-state index is 0.00564. The van der Waals surface area contributed by atoms with E-state index in [-0.39, 0.29) is 48.7 Å². The molecular weight excluding hydrogens is 489 g/mol. The molecule has 0 spiro atoms. The van der Waals surface area contributed by atoms with Gasteiger partial charge in [0.15, 0.2) is 11.2 Å². The number of aryl methyl sites for hydroxylation is 1. The van der Waals surface area contributed by atoms with Gasteiger partial charge < -0.3 is 14.4 Å². The Kier molecular flexibility index (Phi) is 6.73. The van der Waals surface area contributed by atoms with E-state index in [1.54, 1.807) is 28.8 Å². The maximum Gasteiger partial charge on any atom is 0.573 e. The maximum atomic E-state index is 13.4. The van der Waals surface area contributed by atoms with Crippen LogP contribution < -0.4 is 16.0 Å². The van der Waals surface area contributed by atoms with Gasteiger partial charge in [0.05, 0.1) is 0 Å². The summed E-state index contributed by atoms with van der Waals surface area (Å²) in [4.78, 5) is 30.7. The first kappa shape index (κ1) is 24.6. The van der Waals surface area contributed by atoms with Gasteiger partial charge in [0.1, 0.15) is 11.6 Å². The first-order chi connectivity index (χ1) is 16.6. The predicted molar refractivity (Wildman–Crippen MR) is 124 cm³/mol.